The van der Waals surface area contributed by atoms with Crippen molar-refractivity contribution in [2.45, 2.75) is 68.2 Å². The first-order valence-corrected chi connectivity index (χ1v) is 6.04. The molecule has 86 valence electrons. The van der Waals surface area contributed by atoms with Crippen molar-refractivity contribution >= 4 is 0 Å². The van der Waals surface area contributed by atoms with Crippen LogP contribution in [0, 0.1) is 0 Å². The van der Waals surface area contributed by atoms with Crippen LogP contribution in [0.25, 0.3) is 0 Å². The summed E-state index contributed by atoms with van der Waals surface area (Å²) in [5.74, 6) is 0. The van der Waals surface area contributed by atoms with Crippen LogP contribution in [0.5, 0.6) is 0 Å². The van der Waals surface area contributed by atoms with Crippen LogP contribution in [0.2, 0.25) is 0 Å². The zero-order chi connectivity index (χ0) is 11.5. The van der Waals surface area contributed by atoms with Crippen LogP contribution in [0.1, 0.15) is 68.2 Å². The van der Waals surface area contributed by atoms with Crippen molar-refractivity contribution < 1.29 is 0 Å². The van der Waals surface area contributed by atoms with Crippen LogP contribution in [-0.2, 0) is 0 Å². The fourth-order valence-corrected chi connectivity index (χ4v) is 0.354. The molecule has 0 saturated carbocycles. The molecule has 0 aromatic carbocycles. The molecule has 0 aliphatic rings. The van der Waals surface area contributed by atoms with E-state index >= 15 is 0 Å². The fourth-order valence-electron chi connectivity index (χ4n) is 0.354. The van der Waals surface area contributed by atoms with E-state index in [0.717, 1.165) is 13.1 Å². The fraction of sp³-hybridized carbons (Fsp3) is 1.00. The summed E-state index contributed by atoms with van der Waals surface area (Å²) in [6, 6.07) is 0. The number of rotatable bonds is 3. The average Bonchev–Trinajstić information content (AvgIpc) is 2.22. The van der Waals surface area contributed by atoms with Crippen molar-refractivity contribution in [1.82, 2.24) is 5.32 Å². The molecule has 0 heterocycles. The topological polar surface area (TPSA) is 12.0 Å². The molecule has 0 aliphatic heterocycles. The minimum absolute atomic E-state index is 1.10. The molecular formula is C12H33N. The lowest BCUT2D eigenvalue weighted by Gasteiger charge is -1.91. The van der Waals surface area contributed by atoms with Gasteiger partial charge in [-0.15, -0.1) is 0 Å². The average molecular weight is 191 g/mol. The molecule has 1 nitrogen and oxygen atoms in total. The monoisotopic (exact) mass is 191 g/mol. The van der Waals surface area contributed by atoms with Crippen molar-refractivity contribution in [2.75, 3.05) is 13.1 Å². The summed E-state index contributed by atoms with van der Waals surface area (Å²) in [7, 11) is 0. The molecule has 0 unspecified atom stereocenters. The highest BCUT2D eigenvalue weighted by molar-refractivity contribution is 4.35. The number of nitrogens with one attached hydrogen (secondary N) is 1. The van der Waals surface area contributed by atoms with Crippen LogP contribution in [-0.4, -0.2) is 13.1 Å². The molecule has 0 aromatic rings. The van der Waals surface area contributed by atoms with Crippen LogP contribution >= 0.6 is 0 Å². The summed E-state index contributed by atoms with van der Waals surface area (Å²) < 4.78 is 0. The third-order valence-corrected chi connectivity index (χ3v) is 0.677. The van der Waals surface area contributed by atoms with Gasteiger partial charge in [-0.3, -0.25) is 0 Å². The molecule has 0 saturated heterocycles. The maximum Gasteiger partial charge on any atom is -0.00517 e. The van der Waals surface area contributed by atoms with Crippen molar-refractivity contribution in [1.29, 1.82) is 0 Å². The highest BCUT2D eigenvalue weighted by atomic mass is 14.8. The lowest BCUT2D eigenvalue weighted by molar-refractivity contribution is 0.703. The Morgan fingerprint density at radius 2 is 1.08 bits per heavy atom. The minimum atomic E-state index is 1.10. The molecule has 0 atom stereocenters. The summed E-state index contributed by atoms with van der Waals surface area (Å²) in [5, 5.41) is 3.20. The zero-order valence-corrected chi connectivity index (χ0v) is 11.3. The van der Waals surface area contributed by atoms with E-state index in [-0.39, 0.29) is 0 Å². The van der Waals surface area contributed by atoms with Crippen molar-refractivity contribution in [3.8, 4) is 0 Å². The third-order valence-electron chi connectivity index (χ3n) is 0.677. The van der Waals surface area contributed by atoms with E-state index in [1.165, 1.54) is 12.8 Å². The Labute approximate surface area is 87.3 Å². The van der Waals surface area contributed by atoms with E-state index in [1.54, 1.807) is 0 Å². The second kappa shape index (κ2) is 58.4. The highest BCUT2D eigenvalue weighted by Crippen LogP contribution is 1.65. The molecule has 0 amide bonds. The first-order chi connectivity index (χ1) is 6.33. The van der Waals surface area contributed by atoms with Gasteiger partial charge in [0.25, 0.3) is 0 Å². The van der Waals surface area contributed by atoms with Gasteiger partial charge < -0.3 is 5.32 Å². The molecule has 0 bridgehead atoms. The molecule has 0 rings (SSSR count). The normalized spacial score (nSPS) is 6.46. The summed E-state index contributed by atoms with van der Waals surface area (Å²) in [6.45, 7) is 18.8. The quantitative estimate of drug-likeness (QED) is 0.649. The third kappa shape index (κ3) is 135. The van der Waals surface area contributed by atoms with Crippen LogP contribution in [0.4, 0.5) is 0 Å². The molecule has 0 aromatic heterocycles. The van der Waals surface area contributed by atoms with E-state index in [4.69, 9.17) is 0 Å². The van der Waals surface area contributed by atoms with Crippen LogP contribution in [0.15, 0.2) is 0 Å². The summed E-state index contributed by atoms with van der Waals surface area (Å²) in [5.41, 5.74) is 0. The van der Waals surface area contributed by atoms with Gasteiger partial charge in [0.2, 0.25) is 0 Å². The Hall–Kier alpha value is -0.0400. The maximum absolute atomic E-state index is 3.20. The van der Waals surface area contributed by atoms with Gasteiger partial charge in [-0.1, -0.05) is 61.8 Å². The largest absolute Gasteiger partial charge is 0.317 e. The van der Waals surface area contributed by atoms with Gasteiger partial charge in [0.05, 0.1) is 0 Å². The SMILES string of the molecule is CC.CC.CCC.CCCNCC. The number of hydrogen-bond donors (Lipinski definition) is 1. The molecule has 1 N–H and O–H groups in total. The summed E-state index contributed by atoms with van der Waals surface area (Å²) >= 11 is 0. The first kappa shape index (κ1) is 23.1. The van der Waals surface area contributed by atoms with E-state index in [0.29, 0.717) is 0 Å². The molecule has 0 radical (unpaired) electrons. The van der Waals surface area contributed by atoms with Crippen molar-refractivity contribution in [3.05, 3.63) is 0 Å². The highest BCUT2D eigenvalue weighted by Gasteiger charge is 1.71. The predicted molar refractivity (Wildman–Crippen MR) is 67.5 cm³/mol. The second-order valence-corrected chi connectivity index (χ2v) is 2.06. The lowest BCUT2D eigenvalue weighted by Crippen LogP contribution is -2.12. The molecule has 0 fully saturated rings. The second-order valence-electron chi connectivity index (χ2n) is 2.06. The Bertz CT molecular complexity index is 24.3. The number of hydrogen-bond acceptors (Lipinski definition) is 1. The van der Waals surface area contributed by atoms with E-state index < -0.39 is 0 Å². The molecule has 0 spiro atoms. The molecule has 1 heteroatoms. The van der Waals surface area contributed by atoms with Gasteiger partial charge in [0.1, 0.15) is 0 Å². The summed E-state index contributed by atoms with van der Waals surface area (Å²) in [6.07, 6.45) is 2.49. The van der Waals surface area contributed by atoms with Gasteiger partial charge in [-0.25, -0.2) is 0 Å². The van der Waals surface area contributed by atoms with Gasteiger partial charge in [0, 0.05) is 0 Å². The van der Waals surface area contributed by atoms with Crippen LogP contribution < -0.4 is 5.32 Å². The first-order valence-electron chi connectivity index (χ1n) is 6.04. The Kier molecular flexibility index (Phi) is 104. The van der Waals surface area contributed by atoms with Gasteiger partial charge in [0.15, 0.2) is 0 Å². The van der Waals surface area contributed by atoms with Gasteiger partial charge in [-0.05, 0) is 19.5 Å². The molecule has 0 aliphatic carbocycles. The smallest absolute Gasteiger partial charge is 0.00517 e. The zero-order valence-electron chi connectivity index (χ0n) is 11.3. The van der Waals surface area contributed by atoms with Gasteiger partial charge in [-0.2, -0.15) is 0 Å². The maximum atomic E-state index is 3.20. The Balaban J connectivity index is -0.0000000493. The Morgan fingerprint density at radius 1 is 0.769 bits per heavy atom. The lowest BCUT2D eigenvalue weighted by atomic mass is 10.5. The van der Waals surface area contributed by atoms with E-state index in [1.807, 2.05) is 27.7 Å². The molecule has 13 heavy (non-hydrogen) atoms. The van der Waals surface area contributed by atoms with Crippen LogP contribution in [0.3, 0.4) is 0 Å². The molecular weight excluding hydrogens is 158 g/mol. The standard InChI is InChI=1S/C5H13N.C3H8.2C2H6/c1-3-5-6-4-2;1-3-2;2*1-2/h6H,3-5H2,1-2H3;3H2,1-2H3;2*1-2H3. The van der Waals surface area contributed by atoms with Crippen molar-refractivity contribution in [3.63, 3.8) is 0 Å². The summed E-state index contributed by atoms with van der Waals surface area (Å²) in [4.78, 5) is 0. The minimum Gasteiger partial charge on any atom is -0.317 e. The van der Waals surface area contributed by atoms with Crippen molar-refractivity contribution in [2.24, 2.45) is 0 Å². The van der Waals surface area contributed by atoms with E-state index in [2.05, 4.69) is 33.0 Å². The van der Waals surface area contributed by atoms with E-state index in [9.17, 15) is 0 Å². The Morgan fingerprint density at radius 3 is 1.15 bits per heavy atom. The van der Waals surface area contributed by atoms with Gasteiger partial charge >= 0.3 is 0 Å². The predicted octanol–water partition coefficient (Wildman–Crippen LogP) is 4.47.